The lowest BCUT2D eigenvalue weighted by Crippen LogP contribution is -2.49. The van der Waals surface area contributed by atoms with Crippen molar-refractivity contribution >= 4 is 35.3 Å². The summed E-state index contributed by atoms with van der Waals surface area (Å²) in [7, 11) is 4.51. The Morgan fingerprint density at radius 3 is 1.01 bits per heavy atom. The maximum absolute atomic E-state index is 5.18. The number of aliphatic imine (C=N–C) groups is 4. The number of guanidine groups is 2. The Bertz CT molecular complexity index is 2350. The van der Waals surface area contributed by atoms with E-state index in [-0.39, 0.29) is 0 Å². The SMILES string of the molecule is C1CCC(N=C(NC2CCCCC2)N2CCCC2)CC1.C1CCC(N=C(NC2CCCCC2)N2CCCCC2)CC1.CCCCN=C(CC(C)C)NC(C)C.CCCCN=C(CC1CCCCC1)NC1CCCCC1.CCCC[N+](C)=C(CC(C)C)NC(C)C.CCCC[N+](C)=C(CC1CCCCC1)NC1CCCCC1. The van der Waals surface area contributed by atoms with Crippen molar-refractivity contribution in [3.63, 3.8) is 0 Å². The first kappa shape index (κ1) is 98.0. The molecule has 0 aromatic heterocycles. The molecule has 14 heteroatoms. The van der Waals surface area contributed by atoms with Crippen LogP contribution in [0.4, 0.5) is 0 Å². The molecule has 10 aliphatic rings. The monoisotopic (exact) mass is 1550 g/mol. The van der Waals surface area contributed by atoms with Gasteiger partial charge in [0.2, 0.25) is 11.7 Å². The van der Waals surface area contributed by atoms with Crippen molar-refractivity contribution in [2.24, 2.45) is 43.6 Å². The van der Waals surface area contributed by atoms with Crippen LogP contribution in [-0.2, 0) is 0 Å². The quantitative estimate of drug-likeness (QED) is 0.0197. The lowest BCUT2D eigenvalue weighted by molar-refractivity contribution is -0.501. The van der Waals surface area contributed by atoms with Gasteiger partial charge in [-0.05, 0) is 212 Å². The van der Waals surface area contributed by atoms with Gasteiger partial charge in [-0.15, -0.1) is 0 Å². The van der Waals surface area contributed by atoms with Gasteiger partial charge < -0.3 is 31.1 Å². The van der Waals surface area contributed by atoms with E-state index in [1.165, 1.54) is 415 Å². The van der Waals surface area contributed by atoms with Crippen LogP contribution in [0.3, 0.4) is 0 Å². The Morgan fingerprint density at radius 1 is 0.324 bits per heavy atom. The van der Waals surface area contributed by atoms with Crippen molar-refractivity contribution in [1.82, 2.24) is 41.7 Å². The highest BCUT2D eigenvalue weighted by Gasteiger charge is 2.29. The molecule has 2 aliphatic heterocycles. The molecule has 2 heterocycles. The predicted molar refractivity (Wildman–Crippen MR) is 489 cm³/mol. The zero-order valence-corrected chi connectivity index (χ0v) is 76.5. The number of nitrogens with zero attached hydrogens (tertiary/aromatic N) is 8. The van der Waals surface area contributed by atoms with E-state index >= 15 is 0 Å². The maximum atomic E-state index is 5.18. The molecule has 111 heavy (non-hydrogen) atoms. The molecule has 8 saturated carbocycles. The van der Waals surface area contributed by atoms with Crippen molar-refractivity contribution < 1.29 is 9.15 Å². The minimum Gasteiger partial charge on any atom is -0.372 e. The molecule has 6 N–H and O–H groups in total. The number of unbranched alkanes of at least 4 members (excludes halogenated alkanes) is 4. The van der Waals surface area contributed by atoms with Crippen LogP contribution < -0.4 is 31.9 Å². The summed E-state index contributed by atoms with van der Waals surface area (Å²) in [6.07, 6.45) is 77.5. The summed E-state index contributed by atoms with van der Waals surface area (Å²) in [4.78, 5) is 24.9. The van der Waals surface area contributed by atoms with Crippen LogP contribution in [0.15, 0.2) is 20.0 Å². The molecule has 0 radical (unpaired) electrons. The molecule has 0 spiro atoms. The summed E-state index contributed by atoms with van der Waals surface area (Å²) in [6.45, 7) is 36.0. The molecule has 646 valence electrons. The lowest BCUT2D eigenvalue weighted by Gasteiger charge is -2.35. The van der Waals surface area contributed by atoms with Gasteiger partial charge in [0.15, 0.2) is 11.9 Å². The summed E-state index contributed by atoms with van der Waals surface area (Å²) in [5.41, 5.74) is 0. The van der Waals surface area contributed by atoms with E-state index in [0.29, 0.717) is 48.2 Å². The molecule has 2 saturated heterocycles. The number of rotatable bonds is 28. The van der Waals surface area contributed by atoms with E-state index in [0.717, 1.165) is 56.3 Å². The van der Waals surface area contributed by atoms with Gasteiger partial charge in [-0.1, -0.05) is 235 Å². The summed E-state index contributed by atoms with van der Waals surface area (Å²) >= 11 is 0. The number of piperidine rings is 1. The Balaban J connectivity index is 0.000000240. The van der Waals surface area contributed by atoms with Crippen molar-refractivity contribution in [2.45, 2.75) is 497 Å². The Kier molecular flexibility index (Phi) is 55.3. The topological polar surface area (TPSA) is 134 Å². The van der Waals surface area contributed by atoms with E-state index in [2.05, 4.69) is 153 Å². The normalized spacial score (nSPS) is 21.8. The molecule has 8 aliphatic carbocycles. The minimum atomic E-state index is 0.495. The molecule has 10 fully saturated rings. The highest BCUT2D eigenvalue weighted by Crippen LogP contribution is 2.30. The second-order valence-electron chi connectivity index (χ2n) is 38.2. The molecule has 10 rings (SSSR count). The molecule has 0 amide bonds. The summed E-state index contributed by atoms with van der Waals surface area (Å²) in [5.74, 6) is 11.2. The van der Waals surface area contributed by atoms with Crippen LogP contribution in [0.1, 0.15) is 449 Å². The number of hydrogen-bond donors (Lipinski definition) is 6. The highest BCUT2D eigenvalue weighted by molar-refractivity contribution is 5.84. The molecule has 0 aromatic carbocycles. The maximum Gasteiger partial charge on any atom is 0.244 e. The number of amidine groups is 4. The van der Waals surface area contributed by atoms with Crippen molar-refractivity contribution in [3.05, 3.63) is 0 Å². The third-order valence-corrected chi connectivity index (χ3v) is 25.4. The first-order valence-electron chi connectivity index (χ1n) is 49.5. The van der Waals surface area contributed by atoms with E-state index in [4.69, 9.17) is 15.0 Å². The highest BCUT2D eigenvalue weighted by atomic mass is 15.3. The summed E-state index contributed by atoms with van der Waals surface area (Å²) in [5, 5.41) is 22.4. The fourth-order valence-electron chi connectivity index (χ4n) is 18.6. The molecule has 0 unspecified atom stereocenters. The summed E-state index contributed by atoms with van der Waals surface area (Å²) < 4.78 is 4.91. The van der Waals surface area contributed by atoms with Gasteiger partial charge in [-0.3, -0.25) is 29.8 Å². The Labute approximate surface area is 689 Å². The molecule has 0 atom stereocenters. The fraction of sp³-hybridized carbons (Fsp3) is 0.938. The van der Waals surface area contributed by atoms with Gasteiger partial charge in [-0.25, -0.2) is 9.98 Å². The summed E-state index contributed by atoms with van der Waals surface area (Å²) in [6, 6.07) is 5.04. The van der Waals surface area contributed by atoms with Crippen LogP contribution in [0.25, 0.3) is 0 Å². The first-order chi connectivity index (χ1) is 54.0. The van der Waals surface area contributed by atoms with E-state index in [1.807, 2.05) is 0 Å². The molecular formula is C97H190N14+2. The number of hydrogen-bond acceptors (Lipinski definition) is 4. The standard InChI is InChI=1S/C19H36N2.C18H33N3.C18H34N2.C17H31N3.C13H28N2.C12H26N2/c1-3-4-15-21(2)19(16-17-11-7-5-8-12-17)20-18-13-9-6-10-14-18;1-4-10-16(11-5-1)19-18(21-14-8-3-9-15-21)20-17-12-6-2-7-13-17;1-2-3-14-19-18(15-16-10-6-4-7-11-16)20-17-12-8-5-9-13-17;1-3-9-15(10-4-1)18-17(20-13-7-8-14-20)19-16-11-5-2-6-12-16;1-7-8-9-15(6)13(10-11(2)3)14-12(4)5;1-6-7-8-13-12(9-10(2)3)14-11(4)5/h17-18H,3-16H2,1-2H3;16-17H,1-15H2,(H,19,20);16-17H,2-15H2,1H3,(H,19,20);15-16H,1-14H2,(H,18,19);11-12H,7-10H2,1-6H3;10-11H,6-9H2,1-5H3,(H,13,14)/p+2. The van der Waals surface area contributed by atoms with Gasteiger partial charge in [0, 0.05) is 76.3 Å². The second kappa shape index (κ2) is 62.6. The van der Waals surface area contributed by atoms with Crippen molar-refractivity contribution in [1.29, 1.82) is 0 Å². The van der Waals surface area contributed by atoms with Crippen LogP contribution in [0.5, 0.6) is 0 Å². The zero-order chi connectivity index (χ0) is 79.7. The van der Waals surface area contributed by atoms with Gasteiger partial charge in [-0.2, -0.15) is 0 Å². The zero-order valence-electron chi connectivity index (χ0n) is 76.5. The van der Waals surface area contributed by atoms with Crippen LogP contribution in [-0.4, -0.2) is 169 Å². The van der Waals surface area contributed by atoms with Gasteiger partial charge in [0.25, 0.3) is 0 Å². The average Bonchev–Trinajstić information content (AvgIpc) is 1.83. The second-order valence-corrected chi connectivity index (χ2v) is 38.2. The first-order valence-corrected chi connectivity index (χ1v) is 49.5. The van der Waals surface area contributed by atoms with Gasteiger partial charge in [0.05, 0.1) is 75.9 Å². The average molecular weight is 1550 g/mol. The third kappa shape index (κ3) is 46.8. The Hall–Kier alpha value is -3.58. The van der Waals surface area contributed by atoms with E-state index in [1.54, 1.807) is 5.84 Å². The van der Waals surface area contributed by atoms with E-state index in [9.17, 15) is 0 Å². The van der Waals surface area contributed by atoms with Crippen LogP contribution in [0.2, 0.25) is 0 Å². The largest absolute Gasteiger partial charge is 0.372 e. The molecule has 0 aromatic rings. The number of nitrogens with one attached hydrogen (secondary N) is 6. The van der Waals surface area contributed by atoms with Gasteiger partial charge in [0.1, 0.15) is 0 Å². The molecular weight excluding hydrogens is 1360 g/mol. The van der Waals surface area contributed by atoms with Crippen LogP contribution >= 0.6 is 0 Å². The minimum absolute atomic E-state index is 0.495. The van der Waals surface area contributed by atoms with Crippen molar-refractivity contribution in [2.75, 3.05) is 66.5 Å². The molecule has 14 nitrogen and oxygen atoms in total. The van der Waals surface area contributed by atoms with Crippen LogP contribution in [0, 0.1) is 23.7 Å². The van der Waals surface area contributed by atoms with Crippen molar-refractivity contribution in [3.8, 4) is 0 Å². The smallest absolute Gasteiger partial charge is 0.244 e. The number of likely N-dealkylation sites (tertiary alicyclic amines) is 2. The van der Waals surface area contributed by atoms with Gasteiger partial charge >= 0.3 is 0 Å². The fourth-order valence-corrected chi connectivity index (χ4v) is 18.6. The lowest BCUT2D eigenvalue weighted by atomic mass is 9.86. The predicted octanol–water partition coefficient (Wildman–Crippen LogP) is 23.7. The third-order valence-electron chi connectivity index (χ3n) is 25.4. The molecule has 0 bridgehead atoms. The van der Waals surface area contributed by atoms with E-state index < -0.39 is 0 Å². The Morgan fingerprint density at radius 2 is 0.640 bits per heavy atom.